The van der Waals surface area contributed by atoms with E-state index in [2.05, 4.69) is 29.6 Å². The van der Waals surface area contributed by atoms with Crippen molar-refractivity contribution in [2.75, 3.05) is 19.8 Å². The summed E-state index contributed by atoms with van der Waals surface area (Å²) in [5.41, 5.74) is 1.34. The van der Waals surface area contributed by atoms with E-state index < -0.39 is 0 Å². The van der Waals surface area contributed by atoms with Gasteiger partial charge in [-0.3, -0.25) is 0 Å². The van der Waals surface area contributed by atoms with Crippen LogP contribution in [0, 0.1) is 5.92 Å². The average molecular weight is 261 g/mol. The summed E-state index contributed by atoms with van der Waals surface area (Å²) in [5.74, 6) is 1.65. The zero-order valence-electron chi connectivity index (χ0n) is 11.4. The fourth-order valence-corrected chi connectivity index (χ4v) is 2.38. The number of nitrogens with one attached hydrogen (secondary N) is 1. The summed E-state index contributed by atoms with van der Waals surface area (Å²) in [5, 5.41) is 3.52. The van der Waals surface area contributed by atoms with Crippen LogP contribution in [0.25, 0.3) is 0 Å². The second-order valence-corrected chi connectivity index (χ2v) is 5.67. The Balaban J connectivity index is 1.42. The largest absolute Gasteiger partial charge is 0.493 e. The lowest BCUT2D eigenvalue weighted by molar-refractivity contribution is 0.0497. The first-order valence-electron chi connectivity index (χ1n) is 7.43. The predicted octanol–water partition coefficient (Wildman–Crippen LogP) is 2.74. The minimum atomic E-state index is 0.657. The van der Waals surface area contributed by atoms with Crippen molar-refractivity contribution in [1.29, 1.82) is 0 Å². The van der Waals surface area contributed by atoms with E-state index in [1.165, 1.54) is 18.4 Å². The first kappa shape index (κ1) is 12.9. The Bertz CT molecular complexity index is 380. The molecule has 1 N–H and O–H groups in total. The van der Waals surface area contributed by atoms with Gasteiger partial charge in [-0.25, -0.2) is 0 Å². The highest BCUT2D eigenvalue weighted by atomic mass is 16.5. The standard InChI is InChI=1S/C16H23NO2/c1-5-16(19-12-14-7-9-18-10-8-14)6-2-13(1)11-17-15-3-4-15/h1-2,5-6,14-15,17H,3-4,7-12H2. The van der Waals surface area contributed by atoms with Crippen LogP contribution in [0.4, 0.5) is 0 Å². The molecule has 0 bridgehead atoms. The van der Waals surface area contributed by atoms with Crippen LogP contribution in [0.5, 0.6) is 5.75 Å². The van der Waals surface area contributed by atoms with Gasteiger partial charge in [0.2, 0.25) is 0 Å². The van der Waals surface area contributed by atoms with E-state index in [-0.39, 0.29) is 0 Å². The summed E-state index contributed by atoms with van der Waals surface area (Å²) in [6.45, 7) is 3.58. The molecule has 1 aliphatic heterocycles. The van der Waals surface area contributed by atoms with Gasteiger partial charge in [-0.15, -0.1) is 0 Å². The highest BCUT2D eigenvalue weighted by Gasteiger charge is 2.19. The maximum Gasteiger partial charge on any atom is 0.119 e. The van der Waals surface area contributed by atoms with Crippen molar-refractivity contribution in [3.05, 3.63) is 29.8 Å². The summed E-state index contributed by atoms with van der Waals surface area (Å²) in [7, 11) is 0. The van der Waals surface area contributed by atoms with Gasteiger partial charge in [-0.05, 0) is 49.3 Å². The molecule has 0 aromatic heterocycles. The van der Waals surface area contributed by atoms with Gasteiger partial charge >= 0.3 is 0 Å². The van der Waals surface area contributed by atoms with E-state index in [1.807, 2.05) is 0 Å². The minimum Gasteiger partial charge on any atom is -0.493 e. The lowest BCUT2D eigenvalue weighted by Crippen LogP contribution is -2.21. The van der Waals surface area contributed by atoms with Crippen LogP contribution in [0.2, 0.25) is 0 Å². The Kier molecular flexibility index (Phi) is 4.36. The van der Waals surface area contributed by atoms with Crippen molar-refractivity contribution in [1.82, 2.24) is 5.32 Å². The fraction of sp³-hybridized carbons (Fsp3) is 0.625. The molecule has 0 radical (unpaired) electrons. The molecular formula is C16H23NO2. The van der Waals surface area contributed by atoms with Crippen LogP contribution >= 0.6 is 0 Å². The monoisotopic (exact) mass is 261 g/mol. The van der Waals surface area contributed by atoms with E-state index in [4.69, 9.17) is 9.47 Å². The molecule has 3 heteroatoms. The Hall–Kier alpha value is -1.06. The van der Waals surface area contributed by atoms with Crippen molar-refractivity contribution in [2.24, 2.45) is 5.92 Å². The van der Waals surface area contributed by atoms with Crippen LogP contribution in [0.15, 0.2) is 24.3 Å². The van der Waals surface area contributed by atoms with Gasteiger partial charge in [0.05, 0.1) is 6.61 Å². The molecule has 2 aliphatic rings. The summed E-state index contributed by atoms with van der Waals surface area (Å²) in [6, 6.07) is 9.26. The summed E-state index contributed by atoms with van der Waals surface area (Å²) < 4.78 is 11.2. The quantitative estimate of drug-likeness (QED) is 0.854. The third-order valence-electron chi connectivity index (χ3n) is 3.92. The third kappa shape index (κ3) is 4.22. The zero-order valence-corrected chi connectivity index (χ0v) is 11.4. The smallest absolute Gasteiger partial charge is 0.119 e. The Labute approximate surface area is 115 Å². The molecule has 19 heavy (non-hydrogen) atoms. The molecule has 1 aromatic carbocycles. The maximum absolute atomic E-state index is 5.86. The van der Waals surface area contributed by atoms with Crippen molar-refractivity contribution in [3.8, 4) is 5.75 Å². The van der Waals surface area contributed by atoms with Gasteiger partial charge in [-0.2, -0.15) is 0 Å². The van der Waals surface area contributed by atoms with Crippen LogP contribution in [-0.4, -0.2) is 25.9 Å². The van der Waals surface area contributed by atoms with Gasteiger partial charge in [0.1, 0.15) is 5.75 Å². The molecule has 1 aliphatic carbocycles. The van der Waals surface area contributed by atoms with Crippen LogP contribution in [-0.2, 0) is 11.3 Å². The Morgan fingerprint density at radius 1 is 1.05 bits per heavy atom. The van der Waals surface area contributed by atoms with Crippen molar-refractivity contribution >= 4 is 0 Å². The molecule has 1 saturated heterocycles. The second-order valence-electron chi connectivity index (χ2n) is 5.67. The predicted molar refractivity (Wildman–Crippen MR) is 75.3 cm³/mol. The molecule has 0 amide bonds. The molecule has 0 unspecified atom stereocenters. The number of rotatable bonds is 6. The first-order valence-corrected chi connectivity index (χ1v) is 7.43. The zero-order chi connectivity index (χ0) is 12.9. The molecular weight excluding hydrogens is 238 g/mol. The number of hydrogen-bond acceptors (Lipinski definition) is 3. The Morgan fingerprint density at radius 2 is 1.79 bits per heavy atom. The highest BCUT2D eigenvalue weighted by Crippen LogP contribution is 2.21. The van der Waals surface area contributed by atoms with E-state index in [1.54, 1.807) is 0 Å². The summed E-state index contributed by atoms with van der Waals surface area (Å²) in [4.78, 5) is 0. The molecule has 1 heterocycles. The molecule has 0 atom stereocenters. The van der Waals surface area contributed by atoms with Gasteiger partial charge in [0, 0.05) is 25.8 Å². The topological polar surface area (TPSA) is 30.5 Å². The van der Waals surface area contributed by atoms with E-state index in [0.29, 0.717) is 5.92 Å². The highest BCUT2D eigenvalue weighted by molar-refractivity contribution is 5.27. The summed E-state index contributed by atoms with van der Waals surface area (Å²) in [6.07, 6.45) is 4.94. The average Bonchev–Trinajstić information content (AvgIpc) is 3.29. The minimum absolute atomic E-state index is 0.657. The molecule has 1 aromatic rings. The number of ether oxygens (including phenoxy) is 2. The van der Waals surface area contributed by atoms with Gasteiger partial charge in [0.15, 0.2) is 0 Å². The van der Waals surface area contributed by atoms with Crippen LogP contribution in [0.3, 0.4) is 0 Å². The van der Waals surface area contributed by atoms with Crippen LogP contribution < -0.4 is 10.1 Å². The molecule has 3 nitrogen and oxygen atoms in total. The fourth-order valence-electron chi connectivity index (χ4n) is 2.38. The Morgan fingerprint density at radius 3 is 2.47 bits per heavy atom. The lowest BCUT2D eigenvalue weighted by Gasteiger charge is -2.22. The lowest BCUT2D eigenvalue weighted by atomic mass is 10.0. The normalized spacial score (nSPS) is 20.4. The molecule has 3 rings (SSSR count). The van der Waals surface area contributed by atoms with Crippen molar-refractivity contribution in [2.45, 2.75) is 38.3 Å². The SMILES string of the molecule is c1cc(OCC2CCOCC2)ccc1CNC1CC1. The van der Waals surface area contributed by atoms with Crippen LogP contribution in [0.1, 0.15) is 31.2 Å². The first-order chi connectivity index (χ1) is 9.40. The number of benzene rings is 1. The molecule has 2 fully saturated rings. The van der Waals surface area contributed by atoms with E-state index in [0.717, 1.165) is 51.0 Å². The van der Waals surface area contributed by atoms with Gasteiger partial charge in [-0.1, -0.05) is 12.1 Å². The third-order valence-corrected chi connectivity index (χ3v) is 3.92. The maximum atomic E-state index is 5.86. The van der Waals surface area contributed by atoms with E-state index in [9.17, 15) is 0 Å². The summed E-state index contributed by atoms with van der Waals surface area (Å²) >= 11 is 0. The number of hydrogen-bond donors (Lipinski definition) is 1. The van der Waals surface area contributed by atoms with Crippen molar-refractivity contribution < 1.29 is 9.47 Å². The van der Waals surface area contributed by atoms with E-state index >= 15 is 0 Å². The molecule has 104 valence electrons. The molecule has 1 saturated carbocycles. The second kappa shape index (κ2) is 6.40. The van der Waals surface area contributed by atoms with Gasteiger partial charge < -0.3 is 14.8 Å². The van der Waals surface area contributed by atoms with Gasteiger partial charge in [0.25, 0.3) is 0 Å². The molecule has 0 spiro atoms. The van der Waals surface area contributed by atoms with Crippen molar-refractivity contribution in [3.63, 3.8) is 0 Å².